The number of aromatic nitrogens is 2. The SMILES string of the molecule is Cn1nc(C(=O)O)cc1CNC(C1CCC1)C1CCCO1.O=C(O)C(F)(F)F. The van der Waals surface area contributed by atoms with Crippen LogP contribution in [0.3, 0.4) is 0 Å². The molecule has 2 atom stereocenters. The first-order valence-electron chi connectivity index (χ1n) is 9.01. The minimum atomic E-state index is -5.08. The van der Waals surface area contributed by atoms with Gasteiger partial charge in [0.1, 0.15) is 0 Å². The normalized spacial score (nSPS) is 20.8. The summed E-state index contributed by atoms with van der Waals surface area (Å²) in [7, 11) is 1.79. The number of halogens is 3. The molecule has 3 rings (SSSR count). The molecule has 28 heavy (non-hydrogen) atoms. The van der Waals surface area contributed by atoms with Gasteiger partial charge in [0.15, 0.2) is 5.69 Å². The van der Waals surface area contributed by atoms with Gasteiger partial charge < -0.3 is 20.3 Å². The maximum atomic E-state index is 11.0. The fraction of sp³-hybridized carbons (Fsp3) is 0.706. The summed E-state index contributed by atoms with van der Waals surface area (Å²) in [4.78, 5) is 19.9. The van der Waals surface area contributed by atoms with Crippen LogP contribution < -0.4 is 5.32 Å². The van der Waals surface area contributed by atoms with Crippen LogP contribution in [0.4, 0.5) is 13.2 Å². The molecule has 0 radical (unpaired) electrons. The van der Waals surface area contributed by atoms with Crippen molar-refractivity contribution < 1.29 is 37.7 Å². The first-order chi connectivity index (χ1) is 13.1. The maximum Gasteiger partial charge on any atom is 0.490 e. The molecule has 0 spiro atoms. The van der Waals surface area contributed by atoms with Gasteiger partial charge in [0, 0.05) is 26.2 Å². The van der Waals surface area contributed by atoms with E-state index in [1.807, 2.05) is 0 Å². The van der Waals surface area contributed by atoms with Crippen LogP contribution in [0.1, 0.15) is 48.3 Å². The van der Waals surface area contributed by atoms with Crippen molar-refractivity contribution in [2.24, 2.45) is 13.0 Å². The molecule has 1 aliphatic heterocycles. The summed E-state index contributed by atoms with van der Waals surface area (Å²) in [5.41, 5.74) is 1.00. The number of carbonyl (C=O) groups is 2. The fourth-order valence-electron chi connectivity index (χ4n) is 3.28. The van der Waals surface area contributed by atoms with Crippen LogP contribution in [-0.2, 0) is 23.1 Å². The van der Waals surface area contributed by atoms with Crippen LogP contribution in [-0.4, -0.2) is 56.9 Å². The van der Waals surface area contributed by atoms with E-state index < -0.39 is 18.1 Å². The Morgan fingerprint density at radius 3 is 2.36 bits per heavy atom. The zero-order valence-corrected chi connectivity index (χ0v) is 15.4. The van der Waals surface area contributed by atoms with Crippen LogP contribution in [0.15, 0.2) is 6.07 Å². The number of ether oxygens (including phenoxy) is 1. The van der Waals surface area contributed by atoms with Crippen molar-refractivity contribution in [2.45, 2.75) is 57.0 Å². The zero-order chi connectivity index (χ0) is 20.9. The van der Waals surface area contributed by atoms with Crippen LogP contribution in [0.25, 0.3) is 0 Å². The molecule has 1 aromatic rings. The van der Waals surface area contributed by atoms with Crippen LogP contribution >= 0.6 is 0 Å². The summed E-state index contributed by atoms with van der Waals surface area (Å²) in [6, 6.07) is 2.02. The average Bonchev–Trinajstić information content (AvgIpc) is 3.19. The highest BCUT2D eigenvalue weighted by molar-refractivity contribution is 5.85. The largest absolute Gasteiger partial charge is 0.490 e. The molecule has 1 saturated carbocycles. The number of hydrogen-bond acceptors (Lipinski definition) is 5. The summed E-state index contributed by atoms with van der Waals surface area (Å²) in [6.45, 7) is 1.50. The lowest BCUT2D eigenvalue weighted by atomic mass is 9.77. The Bertz CT molecular complexity index is 682. The monoisotopic (exact) mass is 407 g/mol. The molecule has 2 unspecified atom stereocenters. The van der Waals surface area contributed by atoms with E-state index in [1.54, 1.807) is 17.8 Å². The predicted octanol–water partition coefficient (Wildman–Crippen LogP) is 2.19. The van der Waals surface area contributed by atoms with Crippen LogP contribution in [0.2, 0.25) is 0 Å². The zero-order valence-electron chi connectivity index (χ0n) is 15.4. The van der Waals surface area contributed by atoms with Gasteiger partial charge in [-0.15, -0.1) is 0 Å². The van der Waals surface area contributed by atoms with Crippen LogP contribution in [0, 0.1) is 5.92 Å². The number of aliphatic carboxylic acids is 1. The van der Waals surface area contributed by atoms with Crippen molar-refractivity contribution in [3.05, 3.63) is 17.5 Å². The third-order valence-corrected chi connectivity index (χ3v) is 4.98. The molecule has 1 saturated heterocycles. The Balaban J connectivity index is 0.000000345. The van der Waals surface area contributed by atoms with E-state index in [2.05, 4.69) is 10.4 Å². The van der Waals surface area contributed by atoms with E-state index >= 15 is 0 Å². The number of aromatic carboxylic acids is 1. The van der Waals surface area contributed by atoms with Crippen LogP contribution in [0.5, 0.6) is 0 Å². The van der Waals surface area contributed by atoms with Crippen molar-refractivity contribution in [2.75, 3.05) is 6.61 Å². The van der Waals surface area contributed by atoms with E-state index in [0.717, 1.165) is 25.1 Å². The van der Waals surface area contributed by atoms with Gasteiger partial charge >= 0.3 is 18.1 Å². The number of aryl methyl sites for hydroxylation is 1. The minimum Gasteiger partial charge on any atom is -0.476 e. The molecule has 2 heterocycles. The topological polar surface area (TPSA) is 114 Å². The third kappa shape index (κ3) is 5.93. The first-order valence-corrected chi connectivity index (χ1v) is 9.01. The molecule has 1 aromatic heterocycles. The number of rotatable bonds is 6. The molecule has 11 heteroatoms. The molecule has 3 N–H and O–H groups in total. The first kappa shape index (κ1) is 22.2. The Morgan fingerprint density at radius 1 is 1.32 bits per heavy atom. The van der Waals surface area contributed by atoms with Crippen molar-refractivity contribution in [1.82, 2.24) is 15.1 Å². The van der Waals surface area contributed by atoms with Crippen molar-refractivity contribution in [1.29, 1.82) is 0 Å². The number of nitrogens with one attached hydrogen (secondary N) is 1. The highest BCUT2D eigenvalue weighted by Crippen LogP contribution is 2.34. The molecular formula is C17H24F3N3O5. The Morgan fingerprint density at radius 2 is 1.96 bits per heavy atom. The Hall–Kier alpha value is -2.14. The summed E-state index contributed by atoms with van der Waals surface area (Å²) >= 11 is 0. The highest BCUT2D eigenvalue weighted by atomic mass is 19.4. The van der Waals surface area contributed by atoms with Gasteiger partial charge in [-0.1, -0.05) is 6.42 Å². The standard InChI is InChI=1S/C15H23N3O3.C2HF3O2/c1-18-11(8-12(17-18)15(19)20)9-16-14(10-4-2-5-10)13-6-3-7-21-13;3-2(4,5)1(6)7/h8,10,13-14,16H,2-7,9H2,1H3,(H,19,20);(H,6,7). The number of carboxylic acid groups (broad SMARTS) is 2. The van der Waals surface area contributed by atoms with Gasteiger partial charge in [0.2, 0.25) is 0 Å². The minimum absolute atomic E-state index is 0.103. The molecule has 0 amide bonds. The molecular weight excluding hydrogens is 383 g/mol. The van der Waals surface area contributed by atoms with Gasteiger partial charge in [-0.25, -0.2) is 9.59 Å². The molecule has 158 valence electrons. The number of carboxylic acids is 2. The summed E-state index contributed by atoms with van der Waals surface area (Å²) in [6.07, 6.45) is 1.34. The molecule has 8 nitrogen and oxygen atoms in total. The molecule has 2 aliphatic rings. The van der Waals surface area contributed by atoms with Crippen molar-refractivity contribution >= 4 is 11.9 Å². The van der Waals surface area contributed by atoms with Gasteiger partial charge in [0.25, 0.3) is 0 Å². The average molecular weight is 407 g/mol. The molecule has 0 bridgehead atoms. The maximum absolute atomic E-state index is 11.0. The quantitative estimate of drug-likeness (QED) is 0.662. The number of nitrogens with zero attached hydrogens (tertiary/aromatic N) is 2. The van der Waals surface area contributed by atoms with E-state index in [9.17, 15) is 18.0 Å². The second kappa shape index (κ2) is 9.37. The van der Waals surface area contributed by atoms with E-state index in [1.165, 1.54) is 19.3 Å². The van der Waals surface area contributed by atoms with E-state index in [4.69, 9.17) is 19.7 Å². The Kier molecular flexibility index (Phi) is 7.41. The molecule has 2 fully saturated rings. The lowest BCUT2D eigenvalue weighted by molar-refractivity contribution is -0.192. The smallest absolute Gasteiger partial charge is 0.476 e. The third-order valence-electron chi connectivity index (χ3n) is 4.98. The lowest BCUT2D eigenvalue weighted by Crippen LogP contribution is -2.47. The fourth-order valence-corrected chi connectivity index (χ4v) is 3.28. The second-order valence-corrected chi connectivity index (χ2v) is 6.90. The summed E-state index contributed by atoms with van der Waals surface area (Å²) < 4.78 is 39.2. The van der Waals surface area contributed by atoms with Gasteiger partial charge in [-0.2, -0.15) is 18.3 Å². The summed E-state index contributed by atoms with van der Waals surface area (Å²) in [5, 5.41) is 23.7. The molecule has 1 aliphatic carbocycles. The predicted molar refractivity (Wildman–Crippen MR) is 90.8 cm³/mol. The van der Waals surface area contributed by atoms with Gasteiger partial charge in [0.05, 0.1) is 11.8 Å². The van der Waals surface area contributed by atoms with Gasteiger partial charge in [-0.3, -0.25) is 4.68 Å². The second-order valence-electron chi connectivity index (χ2n) is 6.90. The number of hydrogen-bond donors (Lipinski definition) is 3. The van der Waals surface area contributed by atoms with E-state index in [0.29, 0.717) is 24.6 Å². The van der Waals surface area contributed by atoms with E-state index in [-0.39, 0.29) is 5.69 Å². The van der Waals surface area contributed by atoms with Crippen molar-refractivity contribution in [3.63, 3.8) is 0 Å². The number of alkyl halides is 3. The molecule has 0 aromatic carbocycles. The van der Waals surface area contributed by atoms with Crippen molar-refractivity contribution in [3.8, 4) is 0 Å². The highest BCUT2D eigenvalue weighted by Gasteiger charge is 2.38. The summed E-state index contributed by atoms with van der Waals surface area (Å²) in [5.74, 6) is -3.04. The Labute approximate surface area is 159 Å². The van der Waals surface area contributed by atoms with Gasteiger partial charge in [-0.05, 0) is 37.7 Å². The lowest BCUT2D eigenvalue weighted by Gasteiger charge is -2.37.